The molecule has 0 radical (unpaired) electrons. The molecule has 1 aromatic rings. The Bertz CT molecular complexity index is 462. The van der Waals surface area contributed by atoms with Crippen LogP contribution in [0.5, 0.6) is 0 Å². The zero-order chi connectivity index (χ0) is 15.2. The van der Waals surface area contributed by atoms with Crippen LogP contribution in [0.15, 0.2) is 5.38 Å². The number of nitrogens with one attached hydrogen (secondary N) is 1. The van der Waals surface area contributed by atoms with E-state index in [0.717, 1.165) is 17.4 Å². The number of hydrogen-bond acceptors (Lipinski definition) is 6. The van der Waals surface area contributed by atoms with Crippen molar-refractivity contribution in [2.45, 2.75) is 39.2 Å². The van der Waals surface area contributed by atoms with Crippen LogP contribution in [0.3, 0.4) is 0 Å². The Balaban J connectivity index is 1.72. The van der Waals surface area contributed by atoms with E-state index in [0.29, 0.717) is 24.8 Å². The van der Waals surface area contributed by atoms with Gasteiger partial charge in [0.1, 0.15) is 0 Å². The zero-order valence-electron chi connectivity index (χ0n) is 13.1. The van der Waals surface area contributed by atoms with Gasteiger partial charge in [-0.2, -0.15) is 0 Å². The van der Waals surface area contributed by atoms with E-state index in [9.17, 15) is 4.79 Å². The van der Waals surface area contributed by atoms with E-state index >= 15 is 0 Å². The molecule has 1 aromatic heterocycles. The number of carbonyl (C=O) groups is 1. The lowest BCUT2D eigenvalue weighted by Gasteiger charge is -2.20. The topological polar surface area (TPSA) is 54.5 Å². The maximum atomic E-state index is 11.1. The smallest absolute Gasteiger partial charge is 0.305 e. The van der Waals surface area contributed by atoms with Gasteiger partial charge in [-0.3, -0.25) is 4.79 Å². The predicted molar refractivity (Wildman–Crippen MR) is 85.8 cm³/mol. The molecule has 0 aliphatic carbocycles. The minimum Gasteiger partial charge on any atom is -0.469 e. The van der Waals surface area contributed by atoms with Crippen LogP contribution in [-0.2, 0) is 16.0 Å². The summed E-state index contributed by atoms with van der Waals surface area (Å²) in [7, 11) is 1.42. The summed E-state index contributed by atoms with van der Waals surface area (Å²) in [5, 5.41) is 6.40. The molecule has 2 rings (SSSR count). The molecule has 21 heavy (non-hydrogen) atoms. The predicted octanol–water partition coefficient (Wildman–Crippen LogP) is 2.39. The van der Waals surface area contributed by atoms with E-state index in [2.05, 4.69) is 33.8 Å². The zero-order valence-corrected chi connectivity index (χ0v) is 13.9. The minimum atomic E-state index is -0.183. The van der Waals surface area contributed by atoms with Crippen molar-refractivity contribution in [1.82, 2.24) is 9.88 Å². The van der Waals surface area contributed by atoms with Gasteiger partial charge in [0.2, 0.25) is 0 Å². The molecule has 0 amide bonds. The molecule has 1 aliphatic rings. The first-order valence-corrected chi connectivity index (χ1v) is 8.45. The van der Waals surface area contributed by atoms with Crippen LogP contribution in [0.2, 0.25) is 0 Å². The molecule has 2 heterocycles. The number of rotatable bonds is 7. The molecule has 1 unspecified atom stereocenters. The van der Waals surface area contributed by atoms with Gasteiger partial charge >= 0.3 is 5.97 Å². The number of methoxy groups -OCH3 is 1. The van der Waals surface area contributed by atoms with Crippen molar-refractivity contribution in [3.05, 3.63) is 11.1 Å². The van der Waals surface area contributed by atoms with Crippen LogP contribution in [0.4, 0.5) is 5.13 Å². The third-order valence-corrected chi connectivity index (χ3v) is 4.80. The van der Waals surface area contributed by atoms with Gasteiger partial charge in [-0.05, 0) is 32.7 Å². The maximum absolute atomic E-state index is 11.1. The van der Waals surface area contributed by atoms with Gasteiger partial charge in [0, 0.05) is 30.9 Å². The summed E-state index contributed by atoms with van der Waals surface area (Å²) in [4.78, 5) is 18.2. The van der Waals surface area contributed by atoms with Crippen LogP contribution in [0.1, 0.15) is 32.4 Å². The molecular weight excluding hydrogens is 286 g/mol. The quantitative estimate of drug-likeness (QED) is 0.784. The first-order valence-electron chi connectivity index (χ1n) is 7.57. The SMILES string of the molecule is COC(=O)CCc1csc(NCC2CCN(C(C)C)C2)n1. The number of carbonyl (C=O) groups excluding carboxylic acids is 1. The van der Waals surface area contributed by atoms with E-state index in [-0.39, 0.29) is 5.97 Å². The highest BCUT2D eigenvalue weighted by Crippen LogP contribution is 2.21. The van der Waals surface area contributed by atoms with Gasteiger partial charge in [0.15, 0.2) is 5.13 Å². The summed E-state index contributed by atoms with van der Waals surface area (Å²) < 4.78 is 4.64. The van der Waals surface area contributed by atoms with Gasteiger partial charge in [0.05, 0.1) is 19.2 Å². The maximum Gasteiger partial charge on any atom is 0.305 e. The number of aromatic nitrogens is 1. The molecule has 6 heteroatoms. The van der Waals surface area contributed by atoms with Crippen molar-refractivity contribution in [1.29, 1.82) is 0 Å². The van der Waals surface area contributed by atoms with Crippen molar-refractivity contribution in [3.8, 4) is 0 Å². The number of ether oxygens (including phenoxy) is 1. The van der Waals surface area contributed by atoms with Crippen molar-refractivity contribution in [2.24, 2.45) is 5.92 Å². The number of aryl methyl sites for hydroxylation is 1. The molecule has 5 nitrogen and oxygen atoms in total. The minimum absolute atomic E-state index is 0.183. The molecule has 1 N–H and O–H groups in total. The fourth-order valence-corrected chi connectivity index (χ4v) is 3.32. The van der Waals surface area contributed by atoms with Crippen LogP contribution in [0, 0.1) is 5.92 Å². The number of anilines is 1. The van der Waals surface area contributed by atoms with Crippen LogP contribution in [0.25, 0.3) is 0 Å². The standard InChI is InChI=1S/C15H25N3O2S/c1-11(2)18-7-6-12(9-18)8-16-15-17-13(10-21-15)4-5-14(19)20-3/h10-12H,4-9H2,1-3H3,(H,16,17). The van der Waals surface area contributed by atoms with Crippen LogP contribution >= 0.6 is 11.3 Å². The number of thiazole rings is 1. The molecule has 0 aromatic carbocycles. The Hall–Kier alpha value is -1.14. The second-order valence-electron chi connectivity index (χ2n) is 5.84. The van der Waals surface area contributed by atoms with Gasteiger partial charge in [-0.25, -0.2) is 4.98 Å². The van der Waals surface area contributed by atoms with E-state index in [1.54, 1.807) is 11.3 Å². The van der Waals surface area contributed by atoms with Crippen LogP contribution in [-0.4, -0.2) is 48.6 Å². The number of likely N-dealkylation sites (tertiary alicyclic amines) is 1. The van der Waals surface area contributed by atoms with E-state index < -0.39 is 0 Å². The second-order valence-corrected chi connectivity index (χ2v) is 6.70. The lowest BCUT2D eigenvalue weighted by atomic mass is 10.1. The van der Waals surface area contributed by atoms with Crippen molar-refractivity contribution >= 4 is 22.4 Å². The Kier molecular flexibility index (Phi) is 5.99. The fraction of sp³-hybridized carbons (Fsp3) is 0.733. The van der Waals surface area contributed by atoms with Gasteiger partial charge < -0.3 is 15.0 Å². The Morgan fingerprint density at radius 1 is 1.62 bits per heavy atom. The molecule has 1 fully saturated rings. The van der Waals surface area contributed by atoms with E-state index in [1.165, 1.54) is 26.6 Å². The lowest BCUT2D eigenvalue weighted by Crippen LogP contribution is -2.29. The van der Waals surface area contributed by atoms with Crippen molar-refractivity contribution < 1.29 is 9.53 Å². The Labute approximate surface area is 130 Å². The Morgan fingerprint density at radius 2 is 2.43 bits per heavy atom. The third-order valence-electron chi connectivity index (χ3n) is 3.95. The number of nitrogens with zero attached hydrogens (tertiary/aromatic N) is 2. The molecule has 0 saturated carbocycles. The molecule has 0 spiro atoms. The largest absolute Gasteiger partial charge is 0.469 e. The Morgan fingerprint density at radius 3 is 3.10 bits per heavy atom. The summed E-state index contributed by atoms with van der Waals surface area (Å²) in [6.07, 6.45) is 2.30. The van der Waals surface area contributed by atoms with Crippen molar-refractivity contribution in [2.75, 3.05) is 32.1 Å². The molecule has 118 valence electrons. The average molecular weight is 311 g/mol. The van der Waals surface area contributed by atoms with E-state index in [4.69, 9.17) is 0 Å². The summed E-state index contributed by atoms with van der Waals surface area (Å²) in [6.45, 7) is 7.86. The lowest BCUT2D eigenvalue weighted by molar-refractivity contribution is -0.140. The molecule has 1 saturated heterocycles. The highest BCUT2D eigenvalue weighted by Gasteiger charge is 2.23. The monoisotopic (exact) mass is 311 g/mol. The highest BCUT2D eigenvalue weighted by atomic mass is 32.1. The fourth-order valence-electron chi connectivity index (χ4n) is 2.57. The summed E-state index contributed by atoms with van der Waals surface area (Å²) in [5.74, 6) is 0.520. The van der Waals surface area contributed by atoms with Crippen LogP contribution < -0.4 is 5.32 Å². The first-order chi connectivity index (χ1) is 10.1. The normalized spacial score (nSPS) is 19.1. The highest BCUT2D eigenvalue weighted by molar-refractivity contribution is 7.13. The molecule has 1 aliphatic heterocycles. The third kappa shape index (κ3) is 4.97. The summed E-state index contributed by atoms with van der Waals surface area (Å²) in [6, 6.07) is 0.639. The molecular formula is C15H25N3O2S. The van der Waals surface area contributed by atoms with Gasteiger partial charge in [-0.15, -0.1) is 11.3 Å². The van der Waals surface area contributed by atoms with E-state index in [1.807, 2.05) is 5.38 Å². The molecule has 1 atom stereocenters. The number of hydrogen-bond donors (Lipinski definition) is 1. The van der Waals surface area contributed by atoms with Gasteiger partial charge in [-0.1, -0.05) is 0 Å². The summed E-state index contributed by atoms with van der Waals surface area (Å²) >= 11 is 1.61. The first kappa shape index (κ1) is 16.2. The van der Waals surface area contributed by atoms with Gasteiger partial charge in [0.25, 0.3) is 0 Å². The van der Waals surface area contributed by atoms with Crippen molar-refractivity contribution in [3.63, 3.8) is 0 Å². The second kappa shape index (κ2) is 7.75. The average Bonchev–Trinajstić information content (AvgIpc) is 3.11. The summed E-state index contributed by atoms with van der Waals surface area (Å²) in [5.41, 5.74) is 0.961. The molecule has 0 bridgehead atoms. The number of esters is 1.